The van der Waals surface area contributed by atoms with Gasteiger partial charge in [0.25, 0.3) is 0 Å². The Morgan fingerprint density at radius 3 is 2.20 bits per heavy atom. The van der Waals surface area contributed by atoms with E-state index in [1.165, 1.54) is 17.1 Å². The van der Waals surface area contributed by atoms with Gasteiger partial charge in [0.2, 0.25) is 0 Å². The standard InChI is InChI=1S/C18H27NO6/c1-17(2,3)24-15(22)11-9-10-12(20)7-8-13(21)14(10)19(11)16(23)25-18(4,5)6/h7-8,10-11,13-14,21H,9H2,1-6H3/t10-,11-,13-,14-/m0/s1. The Morgan fingerprint density at radius 2 is 1.68 bits per heavy atom. The number of hydrogen-bond donors (Lipinski definition) is 1. The molecule has 0 aromatic heterocycles. The van der Waals surface area contributed by atoms with Crippen LogP contribution in [0.2, 0.25) is 0 Å². The smallest absolute Gasteiger partial charge is 0.411 e. The third-order valence-corrected chi connectivity index (χ3v) is 4.00. The third-order valence-electron chi connectivity index (χ3n) is 4.00. The van der Waals surface area contributed by atoms with Gasteiger partial charge in [-0.2, -0.15) is 0 Å². The van der Waals surface area contributed by atoms with E-state index in [0.29, 0.717) is 0 Å². The number of ketones is 1. The molecule has 1 heterocycles. The fourth-order valence-electron chi connectivity index (χ4n) is 3.16. The highest BCUT2D eigenvalue weighted by atomic mass is 16.6. The highest BCUT2D eigenvalue weighted by molar-refractivity contribution is 5.96. The molecule has 0 radical (unpaired) electrons. The summed E-state index contributed by atoms with van der Waals surface area (Å²) in [4.78, 5) is 38.7. The van der Waals surface area contributed by atoms with E-state index < -0.39 is 47.4 Å². The minimum atomic E-state index is -1.04. The van der Waals surface area contributed by atoms with E-state index in [4.69, 9.17) is 9.47 Å². The van der Waals surface area contributed by atoms with Gasteiger partial charge in [-0.3, -0.25) is 9.69 Å². The zero-order valence-corrected chi connectivity index (χ0v) is 15.6. The van der Waals surface area contributed by atoms with Crippen molar-refractivity contribution in [2.24, 2.45) is 5.92 Å². The SMILES string of the molecule is CC(C)(C)OC(=O)[C@@H]1C[C@H]2C(=O)C=C[C@H](O)[C@H]2N1C(=O)OC(C)(C)C. The number of allylic oxidation sites excluding steroid dienone is 1. The van der Waals surface area contributed by atoms with E-state index in [1.807, 2.05) is 0 Å². The third kappa shape index (κ3) is 4.39. The van der Waals surface area contributed by atoms with Gasteiger partial charge >= 0.3 is 12.1 Å². The second kappa shape index (κ2) is 6.44. The maximum Gasteiger partial charge on any atom is 0.411 e. The highest BCUT2D eigenvalue weighted by Gasteiger charge is 2.54. The summed E-state index contributed by atoms with van der Waals surface area (Å²) in [6.07, 6.45) is 0.981. The van der Waals surface area contributed by atoms with Crippen molar-refractivity contribution < 1.29 is 29.0 Å². The number of esters is 1. The lowest BCUT2D eigenvalue weighted by Crippen LogP contribution is -2.53. The molecule has 2 aliphatic rings. The van der Waals surface area contributed by atoms with Crippen LogP contribution in [0.1, 0.15) is 48.0 Å². The largest absolute Gasteiger partial charge is 0.458 e. The molecule has 1 amide bonds. The molecule has 25 heavy (non-hydrogen) atoms. The minimum absolute atomic E-state index is 0.110. The number of likely N-dealkylation sites (tertiary alicyclic amines) is 1. The molecule has 0 unspecified atom stereocenters. The van der Waals surface area contributed by atoms with Crippen LogP contribution in [-0.2, 0) is 19.1 Å². The fraction of sp³-hybridized carbons (Fsp3) is 0.722. The molecule has 0 bridgehead atoms. The molecule has 1 aliphatic heterocycles. The maximum atomic E-state index is 12.7. The van der Waals surface area contributed by atoms with Gasteiger partial charge in [-0.05, 0) is 54.0 Å². The molecule has 7 nitrogen and oxygen atoms in total. The number of aliphatic hydroxyl groups is 1. The summed E-state index contributed by atoms with van der Waals surface area (Å²) >= 11 is 0. The number of amides is 1. The molecular formula is C18H27NO6. The van der Waals surface area contributed by atoms with Crippen LogP contribution in [0.15, 0.2) is 12.2 Å². The molecular weight excluding hydrogens is 326 g/mol. The van der Waals surface area contributed by atoms with Gasteiger partial charge in [0, 0.05) is 5.92 Å². The van der Waals surface area contributed by atoms with Gasteiger partial charge in [0.15, 0.2) is 5.78 Å². The van der Waals surface area contributed by atoms with Crippen LogP contribution in [0.3, 0.4) is 0 Å². The quantitative estimate of drug-likeness (QED) is 0.723. The van der Waals surface area contributed by atoms with Gasteiger partial charge in [-0.1, -0.05) is 6.08 Å². The number of hydrogen-bond acceptors (Lipinski definition) is 6. The van der Waals surface area contributed by atoms with Crippen molar-refractivity contribution in [3.8, 4) is 0 Å². The van der Waals surface area contributed by atoms with Gasteiger partial charge in [-0.25, -0.2) is 9.59 Å². The number of carbonyl (C=O) groups is 3. The van der Waals surface area contributed by atoms with Gasteiger partial charge in [-0.15, -0.1) is 0 Å². The number of ether oxygens (including phenoxy) is 2. The summed E-state index contributed by atoms with van der Waals surface area (Å²) in [6, 6.07) is -1.80. The lowest BCUT2D eigenvalue weighted by molar-refractivity contribution is -0.160. The number of aliphatic hydroxyl groups excluding tert-OH is 1. The molecule has 0 saturated carbocycles. The molecule has 0 aromatic rings. The molecule has 0 spiro atoms. The molecule has 4 atom stereocenters. The number of carbonyl (C=O) groups excluding carboxylic acids is 3. The van der Waals surface area contributed by atoms with Crippen molar-refractivity contribution in [3.05, 3.63) is 12.2 Å². The summed E-state index contributed by atoms with van der Waals surface area (Å²) in [6.45, 7) is 10.3. The molecule has 140 valence electrons. The molecule has 0 aromatic carbocycles. The predicted octanol–water partition coefficient (Wildman–Crippen LogP) is 1.82. The van der Waals surface area contributed by atoms with Crippen LogP contribution in [-0.4, -0.2) is 57.2 Å². The van der Waals surface area contributed by atoms with E-state index in [-0.39, 0.29) is 12.2 Å². The Labute approximate surface area is 148 Å². The molecule has 1 aliphatic carbocycles. The van der Waals surface area contributed by atoms with E-state index in [9.17, 15) is 19.5 Å². The van der Waals surface area contributed by atoms with E-state index in [2.05, 4.69) is 0 Å². The zero-order valence-electron chi connectivity index (χ0n) is 15.6. The Balaban J connectivity index is 2.35. The molecule has 2 rings (SSSR count). The second-order valence-electron chi connectivity index (χ2n) is 8.52. The van der Waals surface area contributed by atoms with Crippen molar-refractivity contribution in [3.63, 3.8) is 0 Å². The molecule has 1 N–H and O–H groups in total. The average molecular weight is 353 g/mol. The first kappa shape index (κ1) is 19.4. The monoisotopic (exact) mass is 353 g/mol. The topological polar surface area (TPSA) is 93.1 Å². The van der Waals surface area contributed by atoms with E-state index in [1.54, 1.807) is 41.5 Å². The van der Waals surface area contributed by atoms with Crippen LogP contribution >= 0.6 is 0 Å². The lowest BCUT2D eigenvalue weighted by Gasteiger charge is -2.35. The lowest BCUT2D eigenvalue weighted by atomic mass is 9.86. The predicted molar refractivity (Wildman–Crippen MR) is 89.8 cm³/mol. The summed E-state index contributed by atoms with van der Waals surface area (Å²) in [7, 11) is 0. The van der Waals surface area contributed by atoms with E-state index >= 15 is 0 Å². The number of rotatable bonds is 1. The van der Waals surface area contributed by atoms with Crippen LogP contribution in [0.25, 0.3) is 0 Å². The first-order chi connectivity index (χ1) is 11.3. The summed E-state index contributed by atoms with van der Waals surface area (Å²) in [5.74, 6) is -1.47. The number of fused-ring (bicyclic) bond motifs is 1. The van der Waals surface area contributed by atoms with Crippen molar-refractivity contribution in [2.45, 2.75) is 77.4 Å². The van der Waals surface area contributed by atoms with Gasteiger partial charge < -0.3 is 14.6 Å². The first-order valence-electron chi connectivity index (χ1n) is 8.44. The van der Waals surface area contributed by atoms with Crippen LogP contribution in [0.4, 0.5) is 4.79 Å². The van der Waals surface area contributed by atoms with Crippen LogP contribution < -0.4 is 0 Å². The van der Waals surface area contributed by atoms with Crippen LogP contribution in [0.5, 0.6) is 0 Å². The fourth-order valence-corrected chi connectivity index (χ4v) is 3.16. The maximum absolute atomic E-state index is 12.7. The summed E-state index contributed by atoms with van der Waals surface area (Å²) in [5.41, 5.74) is -1.50. The zero-order chi connectivity index (χ0) is 19.2. The first-order valence-corrected chi connectivity index (χ1v) is 8.44. The van der Waals surface area contributed by atoms with Gasteiger partial charge in [0.05, 0.1) is 12.1 Å². The second-order valence-corrected chi connectivity index (χ2v) is 8.52. The van der Waals surface area contributed by atoms with Crippen LogP contribution in [0, 0.1) is 5.92 Å². The minimum Gasteiger partial charge on any atom is -0.458 e. The highest BCUT2D eigenvalue weighted by Crippen LogP contribution is 2.37. The normalized spacial score (nSPS) is 29.4. The Morgan fingerprint density at radius 1 is 1.12 bits per heavy atom. The average Bonchev–Trinajstić information content (AvgIpc) is 2.81. The van der Waals surface area contributed by atoms with Crippen molar-refractivity contribution >= 4 is 17.8 Å². The Bertz CT molecular complexity index is 598. The summed E-state index contributed by atoms with van der Waals surface area (Å²) in [5, 5.41) is 10.3. The van der Waals surface area contributed by atoms with Crippen molar-refractivity contribution in [1.29, 1.82) is 0 Å². The van der Waals surface area contributed by atoms with Crippen molar-refractivity contribution in [1.82, 2.24) is 4.90 Å². The Kier molecular flexibility index (Phi) is 5.01. The number of nitrogens with zero attached hydrogens (tertiary/aromatic N) is 1. The molecule has 1 saturated heterocycles. The molecule has 1 fully saturated rings. The van der Waals surface area contributed by atoms with Gasteiger partial charge in [0.1, 0.15) is 17.2 Å². The van der Waals surface area contributed by atoms with Crippen molar-refractivity contribution in [2.75, 3.05) is 0 Å². The Hall–Kier alpha value is -1.89. The van der Waals surface area contributed by atoms with E-state index in [0.717, 1.165) is 0 Å². The summed E-state index contributed by atoms with van der Waals surface area (Å²) < 4.78 is 10.8. The molecule has 7 heteroatoms.